The van der Waals surface area contributed by atoms with Crippen LogP contribution in [0.3, 0.4) is 0 Å². The summed E-state index contributed by atoms with van der Waals surface area (Å²) in [6, 6.07) is 4.03. The predicted molar refractivity (Wildman–Crippen MR) is 78.1 cm³/mol. The molecule has 3 heteroatoms. The highest BCUT2D eigenvalue weighted by Gasteiger charge is 2.18. The maximum atomic E-state index is 6.34. The van der Waals surface area contributed by atoms with E-state index in [9.17, 15) is 0 Å². The van der Waals surface area contributed by atoms with Crippen LogP contribution in [0.4, 0.5) is 0 Å². The molecule has 0 aliphatic carbocycles. The Morgan fingerprint density at radius 2 is 2.11 bits per heavy atom. The molecule has 1 aromatic carbocycles. The van der Waals surface area contributed by atoms with E-state index < -0.39 is 0 Å². The fraction of sp³-hybridized carbons (Fsp3) is 0.600. The van der Waals surface area contributed by atoms with Crippen molar-refractivity contribution in [3.8, 4) is 5.75 Å². The number of halogens is 2. The van der Waals surface area contributed by atoms with Crippen LogP contribution in [0.5, 0.6) is 5.75 Å². The second-order valence-electron chi connectivity index (χ2n) is 5.42. The summed E-state index contributed by atoms with van der Waals surface area (Å²) in [7, 11) is 0. The first-order valence-electron chi connectivity index (χ1n) is 6.64. The quantitative estimate of drug-likeness (QED) is 0.703. The van der Waals surface area contributed by atoms with Crippen molar-refractivity contribution < 1.29 is 4.74 Å². The van der Waals surface area contributed by atoms with Gasteiger partial charge in [0.2, 0.25) is 0 Å². The lowest BCUT2D eigenvalue weighted by Crippen LogP contribution is -2.05. The Hall–Kier alpha value is -0.400. The molecule has 100 valence electrons. The molecular formula is C15H20Cl2O. The fourth-order valence-corrected chi connectivity index (χ4v) is 3.20. The third-order valence-corrected chi connectivity index (χ3v) is 3.89. The average molecular weight is 287 g/mol. The van der Waals surface area contributed by atoms with Gasteiger partial charge in [-0.05, 0) is 48.4 Å². The van der Waals surface area contributed by atoms with E-state index in [1.165, 1.54) is 11.1 Å². The molecule has 1 aromatic rings. The summed E-state index contributed by atoms with van der Waals surface area (Å²) >= 11 is 12.5. The molecule has 2 rings (SSSR count). The summed E-state index contributed by atoms with van der Waals surface area (Å²) in [4.78, 5) is 0. The molecule has 18 heavy (non-hydrogen) atoms. The van der Waals surface area contributed by atoms with Crippen molar-refractivity contribution in [2.24, 2.45) is 5.92 Å². The Morgan fingerprint density at radius 1 is 1.33 bits per heavy atom. The molecule has 0 saturated heterocycles. The Kier molecular flexibility index (Phi) is 4.80. The van der Waals surface area contributed by atoms with E-state index in [1.54, 1.807) is 0 Å². The number of rotatable bonds is 5. The fourth-order valence-electron chi connectivity index (χ4n) is 2.47. The van der Waals surface area contributed by atoms with Gasteiger partial charge in [0.05, 0.1) is 6.61 Å². The topological polar surface area (TPSA) is 9.23 Å². The highest BCUT2D eigenvalue weighted by atomic mass is 35.5. The zero-order chi connectivity index (χ0) is 13.1. The highest BCUT2D eigenvalue weighted by Crippen LogP contribution is 2.34. The molecule has 0 fully saturated rings. The van der Waals surface area contributed by atoms with E-state index in [0.717, 1.165) is 43.1 Å². The SMILES string of the molecule is CC(C)CC(Cl)CCc1cc(Cl)cc2c1OCC2. The van der Waals surface area contributed by atoms with Crippen LogP contribution in [-0.4, -0.2) is 12.0 Å². The molecule has 0 radical (unpaired) electrons. The van der Waals surface area contributed by atoms with Crippen LogP contribution in [0, 0.1) is 5.92 Å². The van der Waals surface area contributed by atoms with Gasteiger partial charge in [-0.2, -0.15) is 0 Å². The number of hydrogen-bond acceptors (Lipinski definition) is 1. The number of benzene rings is 1. The number of fused-ring (bicyclic) bond motifs is 1. The van der Waals surface area contributed by atoms with Gasteiger partial charge < -0.3 is 4.74 Å². The van der Waals surface area contributed by atoms with Crippen LogP contribution in [0.25, 0.3) is 0 Å². The van der Waals surface area contributed by atoms with Gasteiger partial charge in [-0.15, -0.1) is 11.6 Å². The molecule has 0 spiro atoms. The molecule has 0 bridgehead atoms. The zero-order valence-corrected chi connectivity index (χ0v) is 12.5. The van der Waals surface area contributed by atoms with Crippen LogP contribution in [0.2, 0.25) is 5.02 Å². The number of ether oxygens (including phenoxy) is 1. The summed E-state index contributed by atoms with van der Waals surface area (Å²) in [6.07, 6.45) is 3.96. The van der Waals surface area contributed by atoms with Crippen molar-refractivity contribution in [2.75, 3.05) is 6.61 Å². The third-order valence-electron chi connectivity index (χ3n) is 3.28. The minimum atomic E-state index is 0.237. The largest absolute Gasteiger partial charge is 0.493 e. The first-order valence-corrected chi connectivity index (χ1v) is 7.46. The minimum Gasteiger partial charge on any atom is -0.493 e. The molecule has 1 atom stereocenters. The monoisotopic (exact) mass is 286 g/mol. The Labute approximate surface area is 119 Å². The van der Waals surface area contributed by atoms with E-state index >= 15 is 0 Å². The molecule has 1 unspecified atom stereocenters. The number of alkyl halides is 1. The Bertz CT molecular complexity index is 415. The van der Waals surface area contributed by atoms with Gasteiger partial charge >= 0.3 is 0 Å². The van der Waals surface area contributed by atoms with Crippen molar-refractivity contribution in [2.45, 2.75) is 44.9 Å². The Morgan fingerprint density at radius 3 is 2.83 bits per heavy atom. The standard InChI is InChI=1S/C15H20Cl2O/c1-10(2)7-13(16)4-3-11-8-14(17)9-12-5-6-18-15(11)12/h8-10,13H,3-7H2,1-2H3. The molecule has 1 aliphatic heterocycles. The summed E-state index contributed by atoms with van der Waals surface area (Å²) < 4.78 is 5.70. The van der Waals surface area contributed by atoms with Gasteiger partial charge in [0.1, 0.15) is 5.75 Å². The van der Waals surface area contributed by atoms with E-state index in [4.69, 9.17) is 27.9 Å². The molecule has 0 aromatic heterocycles. The average Bonchev–Trinajstić information content (AvgIpc) is 2.72. The van der Waals surface area contributed by atoms with Crippen molar-refractivity contribution in [3.63, 3.8) is 0 Å². The number of hydrogen-bond donors (Lipinski definition) is 0. The van der Waals surface area contributed by atoms with E-state index in [-0.39, 0.29) is 5.38 Å². The molecule has 1 aliphatic rings. The smallest absolute Gasteiger partial charge is 0.125 e. The molecule has 1 nitrogen and oxygen atoms in total. The molecule has 0 N–H and O–H groups in total. The predicted octanol–water partition coefficient (Wildman–Crippen LogP) is 4.86. The first kappa shape index (κ1) is 14.0. The first-order chi connectivity index (χ1) is 8.56. The molecule has 0 amide bonds. The second-order valence-corrected chi connectivity index (χ2v) is 6.47. The van der Waals surface area contributed by atoms with E-state index in [0.29, 0.717) is 5.92 Å². The van der Waals surface area contributed by atoms with E-state index in [1.807, 2.05) is 12.1 Å². The molecular weight excluding hydrogens is 267 g/mol. The van der Waals surface area contributed by atoms with Gasteiger partial charge in [-0.3, -0.25) is 0 Å². The van der Waals surface area contributed by atoms with Gasteiger partial charge in [-0.1, -0.05) is 25.4 Å². The summed E-state index contributed by atoms with van der Waals surface area (Å²) in [5.74, 6) is 1.70. The van der Waals surface area contributed by atoms with Gasteiger partial charge in [-0.25, -0.2) is 0 Å². The van der Waals surface area contributed by atoms with Crippen molar-refractivity contribution >= 4 is 23.2 Å². The van der Waals surface area contributed by atoms with Crippen LogP contribution in [0.1, 0.15) is 37.8 Å². The van der Waals surface area contributed by atoms with Crippen molar-refractivity contribution in [1.82, 2.24) is 0 Å². The second kappa shape index (κ2) is 6.16. The maximum Gasteiger partial charge on any atom is 0.125 e. The minimum absolute atomic E-state index is 0.237. The lowest BCUT2D eigenvalue weighted by Gasteiger charge is -2.13. The lowest BCUT2D eigenvalue weighted by molar-refractivity contribution is 0.353. The van der Waals surface area contributed by atoms with Crippen molar-refractivity contribution in [1.29, 1.82) is 0 Å². The van der Waals surface area contributed by atoms with Crippen LogP contribution in [-0.2, 0) is 12.8 Å². The van der Waals surface area contributed by atoms with E-state index in [2.05, 4.69) is 13.8 Å². The van der Waals surface area contributed by atoms with Crippen molar-refractivity contribution in [3.05, 3.63) is 28.3 Å². The third kappa shape index (κ3) is 3.55. The maximum absolute atomic E-state index is 6.34. The van der Waals surface area contributed by atoms with Crippen LogP contribution in [0.15, 0.2) is 12.1 Å². The van der Waals surface area contributed by atoms with Gasteiger partial charge in [0.15, 0.2) is 0 Å². The lowest BCUT2D eigenvalue weighted by atomic mass is 10.00. The normalized spacial score (nSPS) is 15.6. The van der Waals surface area contributed by atoms with Crippen LogP contribution < -0.4 is 4.74 Å². The summed E-state index contributed by atoms with van der Waals surface area (Å²) in [5.41, 5.74) is 2.46. The molecule has 0 saturated carbocycles. The number of aryl methyl sites for hydroxylation is 1. The zero-order valence-electron chi connectivity index (χ0n) is 11.0. The highest BCUT2D eigenvalue weighted by molar-refractivity contribution is 6.30. The summed E-state index contributed by atoms with van der Waals surface area (Å²) in [5, 5.41) is 1.05. The van der Waals surface area contributed by atoms with Crippen LogP contribution >= 0.6 is 23.2 Å². The van der Waals surface area contributed by atoms with Gasteiger partial charge in [0, 0.05) is 16.8 Å². The van der Waals surface area contributed by atoms with Gasteiger partial charge in [0.25, 0.3) is 0 Å². The Balaban J connectivity index is 2.01. The summed E-state index contributed by atoms with van der Waals surface area (Å²) in [6.45, 7) is 5.18. The molecule has 1 heterocycles.